The zero-order chi connectivity index (χ0) is 14.5. The molecule has 0 aliphatic rings. The summed E-state index contributed by atoms with van der Waals surface area (Å²) in [6.07, 6.45) is 1.43. The monoisotopic (exact) mass is 270 g/mol. The van der Waals surface area contributed by atoms with Gasteiger partial charge in [-0.25, -0.2) is 4.99 Å². The van der Waals surface area contributed by atoms with E-state index in [0.717, 1.165) is 0 Å². The van der Waals surface area contributed by atoms with E-state index in [0.29, 0.717) is 11.3 Å². The van der Waals surface area contributed by atoms with Crippen LogP contribution in [0.5, 0.6) is 0 Å². The summed E-state index contributed by atoms with van der Waals surface area (Å²) in [5, 5.41) is 11.2. The Morgan fingerprint density at radius 3 is 2.40 bits per heavy atom. The lowest BCUT2D eigenvalue weighted by atomic mass is 10.0. The Bertz CT molecular complexity index is 629. The highest BCUT2D eigenvalue weighted by molar-refractivity contribution is 6.38. The Kier molecular flexibility index (Phi) is 4.10. The number of hydrogen-bond donors (Lipinski definition) is 0. The van der Waals surface area contributed by atoms with E-state index in [1.54, 1.807) is 49.4 Å². The van der Waals surface area contributed by atoms with Gasteiger partial charge in [0.15, 0.2) is 0 Å². The highest BCUT2D eigenvalue weighted by Gasteiger charge is 2.18. The molecular weight excluding hydrogens is 258 g/mol. The molecule has 1 unspecified atom stereocenters. The normalized spacial score (nSPS) is 12.9. The molecule has 0 N–H and O–H groups in total. The van der Waals surface area contributed by atoms with E-state index in [4.69, 9.17) is 4.42 Å². The molecular formula is C15H12NO4-. The summed E-state index contributed by atoms with van der Waals surface area (Å²) < 4.78 is 5.13. The third-order valence-corrected chi connectivity index (χ3v) is 2.83. The average Bonchev–Trinajstić information content (AvgIpc) is 2.98. The van der Waals surface area contributed by atoms with Crippen molar-refractivity contribution in [1.29, 1.82) is 0 Å². The van der Waals surface area contributed by atoms with Gasteiger partial charge in [0.2, 0.25) is 0 Å². The van der Waals surface area contributed by atoms with Gasteiger partial charge in [0.05, 0.1) is 23.9 Å². The van der Waals surface area contributed by atoms with Gasteiger partial charge in [-0.3, -0.25) is 4.79 Å². The first-order valence-corrected chi connectivity index (χ1v) is 6.02. The number of nitrogens with zero attached hydrogens (tertiary/aromatic N) is 1. The first kappa shape index (κ1) is 13.7. The number of amides is 1. The zero-order valence-electron chi connectivity index (χ0n) is 10.8. The van der Waals surface area contributed by atoms with Crippen LogP contribution in [0.3, 0.4) is 0 Å². The van der Waals surface area contributed by atoms with Crippen molar-refractivity contribution >= 4 is 17.6 Å². The van der Waals surface area contributed by atoms with E-state index in [1.165, 1.54) is 6.26 Å². The quantitative estimate of drug-likeness (QED) is 0.786. The molecule has 102 valence electrons. The molecule has 2 rings (SSSR count). The van der Waals surface area contributed by atoms with Gasteiger partial charge in [-0.05, 0) is 31.2 Å². The molecule has 0 bridgehead atoms. The molecule has 0 saturated heterocycles. The van der Waals surface area contributed by atoms with Gasteiger partial charge >= 0.3 is 0 Å². The van der Waals surface area contributed by atoms with Crippen LogP contribution in [-0.2, 0) is 4.79 Å². The Morgan fingerprint density at radius 2 is 1.85 bits per heavy atom. The molecule has 0 radical (unpaired) electrons. The summed E-state index contributed by atoms with van der Waals surface area (Å²) in [6.45, 7) is 1.59. The van der Waals surface area contributed by atoms with Crippen LogP contribution < -0.4 is 5.11 Å². The van der Waals surface area contributed by atoms with Crippen LogP contribution in [0.4, 0.5) is 0 Å². The van der Waals surface area contributed by atoms with Crippen molar-refractivity contribution < 1.29 is 19.1 Å². The number of aliphatic carboxylic acids is 1. The minimum absolute atomic E-state index is 0.317. The molecule has 20 heavy (non-hydrogen) atoms. The third-order valence-electron chi connectivity index (χ3n) is 2.83. The highest BCUT2D eigenvalue weighted by Crippen LogP contribution is 2.18. The van der Waals surface area contributed by atoms with E-state index >= 15 is 0 Å². The fourth-order valence-corrected chi connectivity index (χ4v) is 1.75. The number of carbonyl (C=O) groups excluding carboxylic acids is 2. The Hall–Kier alpha value is -2.69. The smallest absolute Gasteiger partial charge is 0.277 e. The largest absolute Gasteiger partial charge is 0.543 e. The Labute approximate surface area is 115 Å². The van der Waals surface area contributed by atoms with Crippen molar-refractivity contribution in [2.45, 2.75) is 12.8 Å². The van der Waals surface area contributed by atoms with Crippen molar-refractivity contribution in [3.8, 4) is 0 Å². The minimum Gasteiger partial charge on any atom is -0.543 e. The number of carboxylic acid groups (broad SMARTS) is 1. The van der Waals surface area contributed by atoms with Crippen LogP contribution in [0.2, 0.25) is 0 Å². The molecule has 2 aromatic rings. The Morgan fingerprint density at radius 1 is 1.15 bits per heavy atom. The molecule has 1 amide bonds. The molecule has 1 atom stereocenters. The van der Waals surface area contributed by atoms with Crippen LogP contribution in [0.1, 0.15) is 29.0 Å². The molecule has 5 heteroatoms. The van der Waals surface area contributed by atoms with Crippen molar-refractivity contribution in [2.75, 3.05) is 0 Å². The molecule has 0 aliphatic heterocycles. The lowest BCUT2D eigenvalue weighted by Crippen LogP contribution is -2.35. The van der Waals surface area contributed by atoms with Gasteiger partial charge in [-0.15, -0.1) is 0 Å². The van der Waals surface area contributed by atoms with Gasteiger partial charge in [0, 0.05) is 5.56 Å². The number of furan rings is 1. The first-order valence-electron chi connectivity index (χ1n) is 6.02. The number of carbonyl (C=O) groups is 2. The predicted molar refractivity (Wildman–Crippen MR) is 70.3 cm³/mol. The number of carboxylic acids is 1. The Balaban J connectivity index is 2.32. The van der Waals surface area contributed by atoms with Gasteiger partial charge in [0.1, 0.15) is 5.76 Å². The van der Waals surface area contributed by atoms with Crippen molar-refractivity contribution in [3.63, 3.8) is 0 Å². The fourth-order valence-electron chi connectivity index (χ4n) is 1.75. The SMILES string of the molecule is CC(C(=NC(=O)c1ccccc1)C(=O)[O-])c1ccco1. The second kappa shape index (κ2) is 5.97. The standard InChI is InChI=1S/C15H13NO4/c1-10(12-8-5-9-20-12)13(15(18)19)16-14(17)11-6-3-2-4-7-11/h2-10H,1H3,(H,18,19)/p-1. The summed E-state index contributed by atoms with van der Waals surface area (Å²) >= 11 is 0. The van der Waals surface area contributed by atoms with E-state index < -0.39 is 17.8 Å². The topological polar surface area (TPSA) is 82.7 Å². The second-order valence-electron chi connectivity index (χ2n) is 4.19. The minimum atomic E-state index is -1.49. The van der Waals surface area contributed by atoms with Crippen LogP contribution >= 0.6 is 0 Å². The van der Waals surface area contributed by atoms with Crippen LogP contribution in [0.25, 0.3) is 0 Å². The van der Waals surface area contributed by atoms with Gasteiger partial charge in [0.25, 0.3) is 5.91 Å². The maximum absolute atomic E-state index is 11.9. The van der Waals surface area contributed by atoms with E-state index in [2.05, 4.69) is 4.99 Å². The summed E-state index contributed by atoms with van der Waals surface area (Å²) in [4.78, 5) is 26.7. The van der Waals surface area contributed by atoms with Crippen LogP contribution in [-0.4, -0.2) is 17.6 Å². The summed E-state index contributed by atoms with van der Waals surface area (Å²) in [5.41, 5.74) is -0.0355. The van der Waals surface area contributed by atoms with Crippen LogP contribution in [0, 0.1) is 0 Å². The average molecular weight is 270 g/mol. The molecule has 1 heterocycles. The summed E-state index contributed by atoms with van der Waals surface area (Å²) in [5.74, 6) is -2.36. The fraction of sp³-hybridized carbons (Fsp3) is 0.133. The van der Waals surface area contributed by atoms with Crippen LogP contribution in [0.15, 0.2) is 58.1 Å². The zero-order valence-corrected chi connectivity index (χ0v) is 10.8. The van der Waals surface area contributed by atoms with Crippen molar-refractivity contribution in [1.82, 2.24) is 0 Å². The molecule has 0 saturated carbocycles. The number of hydrogen-bond acceptors (Lipinski definition) is 4. The highest BCUT2D eigenvalue weighted by atomic mass is 16.4. The third kappa shape index (κ3) is 3.00. The van der Waals surface area contributed by atoms with E-state index in [9.17, 15) is 14.7 Å². The second-order valence-corrected chi connectivity index (χ2v) is 4.19. The molecule has 1 aromatic carbocycles. The summed E-state index contributed by atoms with van der Waals surface area (Å²) in [6, 6.07) is 11.5. The molecule has 0 fully saturated rings. The van der Waals surface area contributed by atoms with E-state index in [-0.39, 0.29) is 5.71 Å². The lowest BCUT2D eigenvalue weighted by Gasteiger charge is -2.13. The summed E-state index contributed by atoms with van der Waals surface area (Å²) in [7, 11) is 0. The number of rotatable bonds is 4. The first-order chi connectivity index (χ1) is 9.59. The lowest BCUT2D eigenvalue weighted by molar-refractivity contribution is -0.294. The number of aliphatic imine (C=N–C) groups is 1. The van der Waals surface area contributed by atoms with Crippen molar-refractivity contribution in [3.05, 3.63) is 60.1 Å². The molecule has 5 nitrogen and oxygen atoms in total. The maximum atomic E-state index is 11.9. The molecule has 1 aromatic heterocycles. The predicted octanol–water partition coefficient (Wildman–Crippen LogP) is 1.41. The van der Waals surface area contributed by atoms with Gasteiger partial charge < -0.3 is 14.3 Å². The molecule has 0 spiro atoms. The van der Waals surface area contributed by atoms with Crippen molar-refractivity contribution in [2.24, 2.45) is 4.99 Å². The molecule has 0 aliphatic carbocycles. The maximum Gasteiger partial charge on any atom is 0.277 e. The number of benzene rings is 1. The van der Waals surface area contributed by atoms with E-state index in [1.807, 2.05) is 0 Å². The van der Waals surface area contributed by atoms with Gasteiger partial charge in [-0.2, -0.15) is 0 Å². The van der Waals surface area contributed by atoms with Gasteiger partial charge in [-0.1, -0.05) is 18.2 Å².